The number of aromatic nitrogens is 3. The minimum Gasteiger partial charge on any atom is -0.366 e. The topological polar surface area (TPSA) is 133 Å². The fourth-order valence-corrected chi connectivity index (χ4v) is 5.37. The molecule has 1 saturated carbocycles. The first-order valence-corrected chi connectivity index (χ1v) is 12.9. The second kappa shape index (κ2) is 11.4. The van der Waals surface area contributed by atoms with Crippen molar-refractivity contribution in [3.63, 3.8) is 0 Å². The summed E-state index contributed by atoms with van der Waals surface area (Å²) in [5.41, 5.74) is 8.37. The lowest BCUT2D eigenvalue weighted by molar-refractivity contribution is 0.100. The van der Waals surface area contributed by atoms with Gasteiger partial charge in [-0.3, -0.25) is 4.79 Å². The van der Waals surface area contributed by atoms with Crippen LogP contribution >= 0.6 is 0 Å². The summed E-state index contributed by atoms with van der Waals surface area (Å²) in [5, 5.41) is 16.6. The Morgan fingerprint density at radius 2 is 1.78 bits per heavy atom. The van der Waals surface area contributed by atoms with Crippen LogP contribution in [0.5, 0.6) is 0 Å². The fourth-order valence-electron chi connectivity index (χ4n) is 5.37. The zero-order valence-corrected chi connectivity index (χ0v) is 20.8. The van der Waals surface area contributed by atoms with Crippen LogP contribution in [0.1, 0.15) is 54.4 Å². The van der Waals surface area contributed by atoms with Gasteiger partial charge in [0, 0.05) is 43.0 Å². The van der Waals surface area contributed by atoms with Crippen molar-refractivity contribution in [2.75, 3.05) is 23.3 Å². The largest absolute Gasteiger partial charge is 0.366 e. The lowest BCUT2D eigenvalue weighted by atomic mass is 9.89. The Balaban J connectivity index is 1.25. The summed E-state index contributed by atoms with van der Waals surface area (Å²) in [4.78, 5) is 27.2. The van der Waals surface area contributed by atoms with Crippen LogP contribution in [-0.4, -0.2) is 52.1 Å². The second-order valence-corrected chi connectivity index (χ2v) is 9.85. The minimum absolute atomic E-state index is 0.273. The Morgan fingerprint density at radius 3 is 2.57 bits per heavy atom. The van der Waals surface area contributed by atoms with Crippen molar-refractivity contribution in [1.29, 1.82) is 5.26 Å². The summed E-state index contributed by atoms with van der Waals surface area (Å²) in [6.07, 6.45) is 11.7. The first-order valence-electron chi connectivity index (χ1n) is 12.9. The number of nitrogens with two attached hydrogens (primary N) is 1. The van der Waals surface area contributed by atoms with E-state index in [1.54, 1.807) is 24.7 Å². The first-order chi connectivity index (χ1) is 18.1. The number of hydrogen-bond donors (Lipinski definition) is 3. The van der Waals surface area contributed by atoms with Gasteiger partial charge in [-0.05, 0) is 61.1 Å². The van der Waals surface area contributed by atoms with Crippen molar-refractivity contribution in [2.24, 2.45) is 5.73 Å². The molecule has 1 amide bonds. The van der Waals surface area contributed by atoms with E-state index in [-0.39, 0.29) is 6.04 Å². The molecule has 3 aromatic rings. The lowest BCUT2D eigenvalue weighted by Gasteiger charge is -2.39. The molecule has 9 nitrogen and oxygen atoms in total. The molecule has 2 aromatic heterocycles. The molecule has 2 fully saturated rings. The van der Waals surface area contributed by atoms with Gasteiger partial charge in [0.25, 0.3) is 0 Å². The van der Waals surface area contributed by atoms with Gasteiger partial charge < -0.3 is 21.3 Å². The van der Waals surface area contributed by atoms with Crippen LogP contribution in [0.3, 0.4) is 0 Å². The van der Waals surface area contributed by atoms with Crippen LogP contribution < -0.4 is 21.3 Å². The number of carbonyl (C=O) groups excluding carboxylic acids is 1. The van der Waals surface area contributed by atoms with Crippen LogP contribution in [0.15, 0.2) is 55.0 Å². The summed E-state index contributed by atoms with van der Waals surface area (Å²) < 4.78 is 0. The monoisotopic (exact) mass is 496 g/mol. The van der Waals surface area contributed by atoms with Crippen molar-refractivity contribution in [3.05, 3.63) is 66.1 Å². The number of nitriles is 1. The normalized spacial score (nSPS) is 21.7. The Hall–Kier alpha value is -4.03. The van der Waals surface area contributed by atoms with Gasteiger partial charge in [0.05, 0.1) is 18.0 Å². The van der Waals surface area contributed by atoms with E-state index < -0.39 is 5.91 Å². The van der Waals surface area contributed by atoms with Crippen LogP contribution in [0.2, 0.25) is 0 Å². The maximum absolute atomic E-state index is 11.6. The van der Waals surface area contributed by atoms with Gasteiger partial charge in [-0.2, -0.15) is 5.26 Å². The Kier molecular flexibility index (Phi) is 7.57. The predicted molar refractivity (Wildman–Crippen MR) is 143 cm³/mol. The average Bonchev–Trinajstić information content (AvgIpc) is 2.94. The molecular weight excluding hydrogens is 464 g/mol. The number of amides is 1. The highest BCUT2D eigenvalue weighted by molar-refractivity contribution is 5.94. The summed E-state index contributed by atoms with van der Waals surface area (Å²) in [5.74, 6) is 1.08. The molecule has 4 N–H and O–H groups in total. The Bertz CT molecular complexity index is 1270. The Morgan fingerprint density at radius 1 is 1.00 bits per heavy atom. The average molecular weight is 497 g/mol. The molecule has 3 atom stereocenters. The number of nitrogens with zero attached hydrogens (tertiary/aromatic N) is 5. The van der Waals surface area contributed by atoms with E-state index in [1.807, 2.05) is 30.3 Å². The number of primary amides is 1. The van der Waals surface area contributed by atoms with Crippen LogP contribution in [0.25, 0.3) is 11.1 Å². The zero-order chi connectivity index (χ0) is 25.6. The highest BCUT2D eigenvalue weighted by Gasteiger charge is 2.30. The fraction of sp³-hybridized carbons (Fsp3) is 0.393. The molecule has 1 aliphatic heterocycles. The molecule has 1 aliphatic carbocycles. The highest BCUT2D eigenvalue weighted by Crippen LogP contribution is 2.27. The third kappa shape index (κ3) is 6.04. The number of pyridine rings is 1. The Labute approximate surface area is 217 Å². The van der Waals surface area contributed by atoms with Crippen LogP contribution in [-0.2, 0) is 0 Å². The number of carbonyl (C=O) groups is 1. The predicted octanol–water partition coefficient (Wildman–Crippen LogP) is 3.49. The highest BCUT2D eigenvalue weighted by atomic mass is 16.1. The van der Waals surface area contributed by atoms with Gasteiger partial charge in [0.2, 0.25) is 11.9 Å². The molecule has 5 rings (SSSR count). The number of benzene rings is 1. The first kappa shape index (κ1) is 24.7. The van der Waals surface area contributed by atoms with Crippen LogP contribution in [0, 0.1) is 11.3 Å². The summed E-state index contributed by atoms with van der Waals surface area (Å²) in [7, 11) is 0. The molecule has 1 saturated heterocycles. The molecule has 2 aliphatic rings. The molecule has 0 radical (unpaired) electrons. The van der Waals surface area contributed by atoms with E-state index in [0.717, 1.165) is 55.7 Å². The lowest BCUT2D eigenvalue weighted by Crippen LogP contribution is -2.55. The minimum atomic E-state index is -0.433. The third-order valence-electron chi connectivity index (χ3n) is 7.26. The maximum atomic E-state index is 11.6. The van der Waals surface area contributed by atoms with Gasteiger partial charge >= 0.3 is 0 Å². The second-order valence-electron chi connectivity index (χ2n) is 9.85. The molecule has 3 unspecified atom stereocenters. The number of piperidine rings is 1. The zero-order valence-electron chi connectivity index (χ0n) is 20.8. The summed E-state index contributed by atoms with van der Waals surface area (Å²) in [6, 6.07) is 14.4. The molecule has 37 heavy (non-hydrogen) atoms. The van der Waals surface area contributed by atoms with Crippen molar-refractivity contribution in [2.45, 2.75) is 56.7 Å². The molecule has 190 valence electrons. The standard InChI is InChI=1S/C28H32N8O/c29-15-19-16-32-28(33-17-19)36-12-4-7-23(18-36)34-24-8-1-2-9-25(24)35-26-14-21(10-11-31-26)20-5-3-6-22(13-20)27(30)37/h3,5-6,10-11,13-14,16-17,23-25,34H,1-2,4,7-9,12,18H2,(H2,30,37)(H,31,35). The summed E-state index contributed by atoms with van der Waals surface area (Å²) >= 11 is 0. The molecule has 0 bridgehead atoms. The van der Waals surface area contributed by atoms with Gasteiger partial charge in [-0.1, -0.05) is 25.0 Å². The van der Waals surface area contributed by atoms with Crippen molar-refractivity contribution < 1.29 is 4.79 Å². The smallest absolute Gasteiger partial charge is 0.248 e. The number of rotatable bonds is 7. The van der Waals surface area contributed by atoms with Gasteiger partial charge in [-0.25, -0.2) is 15.0 Å². The third-order valence-corrected chi connectivity index (χ3v) is 7.26. The van der Waals surface area contributed by atoms with E-state index in [2.05, 4.69) is 36.6 Å². The van der Waals surface area contributed by atoms with Gasteiger partial charge in [0.1, 0.15) is 11.9 Å². The van der Waals surface area contributed by atoms with Crippen molar-refractivity contribution in [3.8, 4) is 17.2 Å². The SMILES string of the molecule is N#Cc1cnc(N2CCCC(NC3CCCCC3Nc3cc(-c4cccc(C(N)=O)c4)ccn3)C2)nc1. The van der Waals surface area contributed by atoms with Gasteiger partial charge in [0.15, 0.2) is 0 Å². The molecule has 0 spiro atoms. The van der Waals surface area contributed by atoms with E-state index in [0.29, 0.717) is 29.2 Å². The molecular formula is C28H32N8O. The van der Waals surface area contributed by atoms with Crippen molar-refractivity contribution >= 4 is 17.7 Å². The molecule has 3 heterocycles. The van der Waals surface area contributed by atoms with Crippen LogP contribution in [0.4, 0.5) is 11.8 Å². The van der Waals surface area contributed by atoms with E-state index >= 15 is 0 Å². The van der Waals surface area contributed by atoms with E-state index in [9.17, 15) is 4.79 Å². The summed E-state index contributed by atoms with van der Waals surface area (Å²) in [6.45, 7) is 1.77. The number of anilines is 2. The molecule has 9 heteroatoms. The maximum Gasteiger partial charge on any atom is 0.248 e. The van der Waals surface area contributed by atoms with Crippen molar-refractivity contribution in [1.82, 2.24) is 20.3 Å². The van der Waals surface area contributed by atoms with Gasteiger partial charge in [-0.15, -0.1) is 0 Å². The molecule has 1 aromatic carbocycles. The quantitative estimate of drug-likeness (QED) is 0.453. The number of nitrogens with one attached hydrogen (secondary N) is 2. The van der Waals surface area contributed by atoms with E-state index in [1.165, 1.54) is 12.8 Å². The number of hydrogen-bond acceptors (Lipinski definition) is 8. The van der Waals surface area contributed by atoms with E-state index in [4.69, 9.17) is 11.0 Å².